The predicted octanol–water partition coefficient (Wildman–Crippen LogP) is 5.73. The van der Waals surface area contributed by atoms with Crippen molar-refractivity contribution in [2.75, 3.05) is 6.54 Å². The van der Waals surface area contributed by atoms with Gasteiger partial charge in [0.05, 0.1) is 0 Å². The van der Waals surface area contributed by atoms with Crippen LogP contribution < -0.4 is 10.1 Å². The van der Waals surface area contributed by atoms with Gasteiger partial charge in [0.15, 0.2) is 0 Å². The maximum atomic E-state index is 6.19. The zero-order valence-electron chi connectivity index (χ0n) is 11.7. The Balaban J connectivity index is 1.90. The van der Waals surface area contributed by atoms with Gasteiger partial charge in [-0.2, -0.15) is 0 Å². The van der Waals surface area contributed by atoms with Gasteiger partial charge in [-0.25, -0.2) is 0 Å². The molecule has 0 radical (unpaired) electrons. The van der Waals surface area contributed by atoms with E-state index in [9.17, 15) is 0 Å². The summed E-state index contributed by atoms with van der Waals surface area (Å²) in [6.45, 7) is 3.18. The van der Waals surface area contributed by atoms with Gasteiger partial charge in [0, 0.05) is 37.8 Å². The lowest BCUT2D eigenvalue weighted by Gasteiger charge is -2.32. The lowest BCUT2D eigenvalue weighted by molar-refractivity contribution is 0.155. The minimum atomic E-state index is 0.101. The minimum Gasteiger partial charge on any atom is -0.484 e. The monoisotopic (exact) mass is 385 g/mol. The van der Waals surface area contributed by atoms with E-state index in [4.69, 9.17) is 16.3 Å². The van der Waals surface area contributed by atoms with Crippen molar-refractivity contribution in [1.82, 2.24) is 5.32 Å². The number of hydrogen-bond donors (Lipinski definition) is 1. The average Bonchev–Trinajstić information content (AvgIpc) is 2.91. The van der Waals surface area contributed by atoms with Crippen LogP contribution in [0.15, 0.2) is 34.1 Å². The summed E-state index contributed by atoms with van der Waals surface area (Å²) < 4.78 is 7.30. The van der Waals surface area contributed by atoms with E-state index in [1.54, 1.807) is 11.3 Å². The van der Waals surface area contributed by atoms with Gasteiger partial charge in [-0.3, -0.25) is 0 Å². The number of fused-ring (bicyclic) bond motifs is 1. The zero-order chi connectivity index (χ0) is 14.8. The normalized spacial score (nSPS) is 20.9. The van der Waals surface area contributed by atoms with Crippen LogP contribution in [-0.2, 0) is 0 Å². The van der Waals surface area contributed by atoms with Gasteiger partial charge >= 0.3 is 0 Å². The SMILES string of the molecule is CCCNC1CC(c2cc(Br)cs2)Oc2ccc(Cl)cc21. The first-order valence-electron chi connectivity index (χ1n) is 7.10. The summed E-state index contributed by atoms with van der Waals surface area (Å²) in [6.07, 6.45) is 2.15. The van der Waals surface area contributed by atoms with Crippen molar-refractivity contribution in [2.45, 2.75) is 31.9 Å². The maximum absolute atomic E-state index is 6.19. The predicted molar refractivity (Wildman–Crippen MR) is 92.5 cm³/mol. The Labute approximate surface area is 142 Å². The summed E-state index contributed by atoms with van der Waals surface area (Å²) in [5, 5.41) is 6.48. The molecule has 1 aromatic carbocycles. The number of ether oxygens (including phenoxy) is 1. The van der Waals surface area contributed by atoms with Crippen molar-refractivity contribution < 1.29 is 4.74 Å². The Bertz CT molecular complexity index is 630. The average molecular weight is 387 g/mol. The molecule has 0 saturated carbocycles. The highest BCUT2D eigenvalue weighted by molar-refractivity contribution is 9.10. The summed E-state index contributed by atoms with van der Waals surface area (Å²) in [5.41, 5.74) is 1.17. The molecule has 0 amide bonds. The number of benzene rings is 1. The van der Waals surface area contributed by atoms with Gasteiger partial charge in [-0.1, -0.05) is 18.5 Å². The van der Waals surface area contributed by atoms with Crippen molar-refractivity contribution in [2.24, 2.45) is 0 Å². The lowest BCUT2D eigenvalue weighted by atomic mass is 9.95. The molecule has 1 N–H and O–H groups in total. The van der Waals surface area contributed by atoms with E-state index in [1.807, 2.05) is 18.2 Å². The van der Waals surface area contributed by atoms with Crippen molar-refractivity contribution in [3.63, 3.8) is 0 Å². The fraction of sp³-hybridized carbons (Fsp3) is 0.375. The molecule has 1 aliphatic heterocycles. The quantitative estimate of drug-likeness (QED) is 0.724. The van der Waals surface area contributed by atoms with Crippen LogP contribution in [0.2, 0.25) is 5.02 Å². The third kappa shape index (κ3) is 3.45. The van der Waals surface area contributed by atoms with E-state index in [0.717, 1.165) is 34.6 Å². The van der Waals surface area contributed by atoms with Crippen molar-refractivity contribution >= 4 is 38.9 Å². The van der Waals surface area contributed by atoms with Crippen molar-refractivity contribution in [3.8, 4) is 5.75 Å². The van der Waals surface area contributed by atoms with Gasteiger partial charge in [-0.15, -0.1) is 11.3 Å². The van der Waals surface area contributed by atoms with E-state index in [1.165, 1.54) is 10.4 Å². The van der Waals surface area contributed by atoms with Crippen LogP contribution in [0.4, 0.5) is 0 Å². The fourth-order valence-corrected chi connectivity index (χ4v) is 4.29. The smallest absolute Gasteiger partial charge is 0.135 e. The molecule has 2 aromatic rings. The molecule has 21 heavy (non-hydrogen) atoms. The number of hydrogen-bond acceptors (Lipinski definition) is 3. The second-order valence-corrected chi connectivity index (χ2v) is 7.49. The van der Waals surface area contributed by atoms with Gasteiger partial charge < -0.3 is 10.1 Å². The number of rotatable bonds is 4. The van der Waals surface area contributed by atoms with Crippen LogP contribution in [0, 0.1) is 0 Å². The van der Waals surface area contributed by atoms with Crippen molar-refractivity contribution in [1.29, 1.82) is 0 Å². The standard InChI is InChI=1S/C16H17BrClNOS/c1-2-5-19-13-8-15(16-6-10(17)9-21-16)20-14-4-3-11(18)7-12(13)14/h3-4,6-7,9,13,15,19H,2,5,8H2,1H3. The molecule has 2 heterocycles. The summed E-state index contributed by atoms with van der Waals surface area (Å²) in [4.78, 5) is 1.26. The first kappa shape index (κ1) is 15.3. The second kappa shape index (κ2) is 6.69. The van der Waals surface area contributed by atoms with E-state index in [2.05, 4.69) is 39.6 Å². The Morgan fingerprint density at radius 2 is 2.29 bits per heavy atom. The zero-order valence-corrected chi connectivity index (χ0v) is 14.9. The molecule has 112 valence electrons. The molecule has 5 heteroatoms. The highest BCUT2D eigenvalue weighted by Gasteiger charge is 2.30. The lowest BCUT2D eigenvalue weighted by Crippen LogP contribution is -2.29. The summed E-state index contributed by atoms with van der Waals surface area (Å²) in [5.74, 6) is 0.939. The third-order valence-electron chi connectivity index (χ3n) is 3.61. The van der Waals surface area contributed by atoms with Crippen molar-refractivity contribution in [3.05, 3.63) is 49.6 Å². The fourth-order valence-electron chi connectivity index (χ4n) is 2.62. The molecular formula is C16H17BrClNOS. The first-order valence-corrected chi connectivity index (χ1v) is 9.16. The van der Waals surface area contributed by atoms with Crippen LogP contribution in [-0.4, -0.2) is 6.54 Å². The molecule has 3 rings (SSSR count). The van der Waals surface area contributed by atoms with Gasteiger partial charge in [0.1, 0.15) is 11.9 Å². The molecule has 2 atom stereocenters. The molecule has 0 bridgehead atoms. The van der Waals surface area contributed by atoms with Crippen LogP contribution in [0.1, 0.15) is 42.4 Å². The highest BCUT2D eigenvalue weighted by atomic mass is 79.9. The van der Waals surface area contributed by atoms with Crippen LogP contribution in [0.3, 0.4) is 0 Å². The summed E-state index contributed by atoms with van der Waals surface area (Å²) in [7, 11) is 0. The largest absolute Gasteiger partial charge is 0.484 e. The van der Waals surface area contributed by atoms with Gasteiger partial charge in [0.25, 0.3) is 0 Å². The molecule has 2 unspecified atom stereocenters. The second-order valence-electron chi connectivity index (χ2n) is 5.20. The van der Waals surface area contributed by atoms with Gasteiger partial charge in [0.2, 0.25) is 0 Å². The Morgan fingerprint density at radius 3 is 3.00 bits per heavy atom. The number of halogens is 2. The summed E-state index contributed by atoms with van der Waals surface area (Å²) in [6, 6.07) is 8.33. The minimum absolute atomic E-state index is 0.101. The van der Waals surface area contributed by atoms with Gasteiger partial charge in [-0.05, 0) is 53.2 Å². The topological polar surface area (TPSA) is 21.3 Å². The van der Waals surface area contributed by atoms with Crippen LogP contribution in [0.5, 0.6) is 5.75 Å². The highest BCUT2D eigenvalue weighted by Crippen LogP contribution is 2.43. The van der Waals surface area contributed by atoms with E-state index in [-0.39, 0.29) is 6.10 Å². The summed E-state index contributed by atoms with van der Waals surface area (Å²) >= 11 is 11.4. The molecule has 1 aromatic heterocycles. The molecule has 0 fully saturated rings. The van der Waals surface area contributed by atoms with Crippen LogP contribution in [0.25, 0.3) is 0 Å². The molecule has 1 aliphatic rings. The number of nitrogens with one attached hydrogen (secondary N) is 1. The number of thiophene rings is 1. The third-order valence-corrected chi connectivity index (χ3v) is 5.63. The molecule has 0 aliphatic carbocycles. The first-order chi connectivity index (χ1) is 10.2. The Morgan fingerprint density at radius 1 is 1.43 bits per heavy atom. The van der Waals surface area contributed by atoms with Crippen LogP contribution >= 0.6 is 38.9 Å². The van der Waals surface area contributed by atoms with E-state index in [0.29, 0.717) is 6.04 Å². The van der Waals surface area contributed by atoms with E-state index < -0.39 is 0 Å². The maximum Gasteiger partial charge on any atom is 0.135 e. The molecular weight excluding hydrogens is 370 g/mol. The van der Waals surface area contributed by atoms with E-state index >= 15 is 0 Å². The Hall–Kier alpha value is -0.550. The molecule has 0 saturated heterocycles. The Kier molecular flexibility index (Phi) is 4.89. The molecule has 2 nitrogen and oxygen atoms in total. The molecule has 0 spiro atoms.